The third-order valence-electron chi connectivity index (χ3n) is 5.71. The second-order valence-corrected chi connectivity index (χ2v) is 8.84. The number of rotatable bonds is 7. The van der Waals surface area contributed by atoms with E-state index in [1.165, 1.54) is 10.3 Å². The van der Waals surface area contributed by atoms with E-state index in [1.54, 1.807) is 18.9 Å². The summed E-state index contributed by atoms with van der Waals surface area (Å²) in [5.74, 6) is 1.56. The van der Waals surface area contributed by atoms with E-state index in [0.717, 1.165) is 39.0 Å². The number of nitrogens with one attached hydrogen (secondary N) is 2. The fourth-order valence-corrected chi connectivity index (χ4v) is 5.12. The van der Waals surface area contributed by atoms with Crippen LogP contribution in [0.15, 0.2) is 95.9 Å². The highest BCUT2D eigenvalue weighted by Gasteiger charge is 2.14. The summed E-state index contributed by atoms with van der Waals surface area (Å²) in [6.07, 6.45) is 0. The summed E-state index contributed by atoms with van der Waals surface area (Å²) in [7, 11) is 1.67. The first kappa shape index (κ1) is 21.2. The van der Waals surface area contributed by atoms with Crippen molar-refractivity contribution in [1.29, 1.82) is 0 Å². The zero-order valence-corrected chi connectivity index (χ0v) is 19.1. The zero-order valence-electron chi connectivity index (χ0n) is 18.3. The Morgan fingerprint density at radius 1 is 0.879 bits per heavy atom. The number of hydrogen-bond donors (Lipinski definition) is 2. The van der Waals surface area contributed by atoms with Crippen molar-refractivity contribution in [2.75, 3.05) is 19.4 Å². The van der Waals surface area contributed by atoms with Crippen molar-refractivity contribution in [2.45, 2.75) is 4.90 Å². The topological polar surface area (TPSA) is 54.1 Å². The number of H-pyrrole nitrogens is 1. The molecule has 0 unspecified atom stereocenters. The molecule has 5 rings (SSSR count). The van der Waals surface area contributed by atoms with Crippen molar-refractivity contribution in [3.05, 3.63) is 96.6 Å². The molecule has 1 aromatic heterocycles. The molecule has 0 aliphatic heterocycles. The number of aromatic amines is 1. The largest absolute Gasteiger partial charge is 0.497 e. The molecule has 4 nitrogen and oxygen atoms in total. The number of fused-ring (bicyclic) bond motifs is 2. The normalized spacial score (nSPS) is 11.1. The smallest absolute Gasteiger partial charge is 0.251 e. The molecule has 0 atom stereocenters. The Morgan fingerprint density at radius 3 is 2.42 bits per heavy atom. The number of benzene rings is 4. The van der Waals surface area contributed by atoms with Gasteiger partial charge in [0.1, 0.15) is 5.75 Å². The first-order valence-corrected chi connectivity index (χ1v) is 11.9. The quantitative estimate of drug-likeness (QED) is 0.218. The fraction of sp³-hybridized carbons (Fsp3) is 0.107. The van der Waals surface area contributed by atoms with E-state index in [4.69, 9.17) is 4.74 Å². The molecule has 33 heavy (non-hydrogen) atoms. The molecule has 0 saturated heterocycles. The average Bonchev–Trinajstić information content (AvgIpc) is 3.24. The maximum atomic E-state index is 12.8. The lowest BCUT2D eigenvalue weighted by atomic mass is 10.0. The Morgan fingerprint density at radius 2 is 1.61 bits per heavy atom. The van der Waals surface area contributed by atoms with Gasteiger partial charge in [0.15, 0.2) is 0 Å². The van der Waals surface area contributed by atoms with E-state index in [0.29, 0.717) is 12.1 Å². The summed E-state index contributed by atoms with van der Waals surface area (Å²) in [5.41, 5.74) is 4.01. The number of aromatic nitrogens is 1. The minimum absolute atomic E-state index is 0.0401. The van der Waals surface area contributed by atoms with Crippen molar-refractivity contribution < 1.29 is 9.53 Å². The number of para-hydroxylation sites is 1. The SMILES string of the molecule is COc1ccc(-c2[nH]c3ccccc3c2SCCNC(=O)c2cccc3ccccc23)cc1. The third-order valence-corrected chi connectivity index (χ3v) is 6.83. The molecule has 1 amide bonds. The minimum Gasteiger partial charge on any atom is -0.497 e. The summed E-state index contributed by atoms with van der Waals surface area (Å²) in [6, 6.07) is 30.2. The predicted octanol–water partition coefficient (Wildman–Crippen LogP) is 6.52. The van der Waals surface area contributed by atoms with Gasteiger partial charge in [-0.2, -0.15) is 0 Å². The van der Waals surface area contributed by atoms with Crippen LogP contribution in [0.5, 0.6) is 5.75 Å². The van der Waals surface area contributed by atoms with Crippen LogP contribution >= 0.6 is 11.8 Å². The van der Waals surface area contributed by atoms with Crippen LogP contribution in [-0.2, 0) is 0 Å². The monoisotopic (exact) mass is 452 g/mol. The van der Waals surface area contributed by atoms with Crippen LogP contribution in [0.4, 0.5) is 0 Å². The van der Waals surface area contributed by atoms with E-state index in [-0.39, 0.29) is 5.91 Å². The second-order valence-electron chi connectivity index (χ2n) is 7.73. The number of hydrogen-bond acceptors (Lipinski definition) is 3. The van der Waals surface area contributed by atoms with Gasteiger partial charge >= 0.3 is 0 Å². The molecule has 0 aliphatic rings. The summed E-state index contributed by atoms with van der Waals surface area (Å²) in [5, 5.41) is 6.33. The number of ether oxygens (including phenoxy) is 1. The lowest BCUT2D eigenvalue weighted by molar-refractivity contribution is 0.0958. The van der Waals surface area contributed by atoms with Crippen molar-refractivity contribution in [3.8, 4) is 17.0 Å². The third kappa shape index (κ3) is 4.32. The Hall–Kier alpha value is -3.70. The van der Waals surface area contributed by atoms with E-state index in [2.05, 4.69) is 40.6 Å². The Balaban J connectivity index is 1.32. The predicted molar refractivity (Wildman–Crippen MR) is 137 cm³/mol. The lowest BCUT2D eigenvalue weighted by Gasteiger charge is -2.09. The highest BCUT2D eigenvalue weighted by molar-refractivity contribution is 7.99. The molecule has 0 radical (unpaired) electrons. The van der Waals surface area contributed by atoms with Crippen LogP contribution < -0.4 is 10.1 Å². The van der Waals surface area contributed by atoms with Gasteiger partial charge in [0.25, 0.3) is 5.91 Å². The number of carbonyl (C=O) groups excluding carboxylic acids is 1. The molecule has 0 bridgehead atoms. The summed E-state index contributed by atoms with van der Waals surface area (Å²) in [4.78, 5) is 17.6. The second kappa shape index (κ2) is 9.43. The molecule has 164 valence electrons. The number of amides is 1. The first-order valence-electron chi connectivity index (χ1n) is 10.9. The van der Waals surface area contributed by atoms with Crippen LogP contribution in [0.1, 0.15) is 10.4 Å². The Kier molecular flexibility index (Phi) is 6.05. The van der Waals surface area contributed by atoms with Crippen molar-refractivity contribution in [1.82, 2.24) is 10.3 Å². The number of thioether (sulfide) groups is 1. The maximum Gasteiger partial charge on any atom is 0.251 e. The van der Waals surface area contributed by atoms with Crippen molar-refractivity contribution >= 4 is 39.3 Å². The molecule has 0 saturated carbocycles. The van der Waals surface area contributed by atoms with Gasteiger partial charge < -0.3 is 15.0 Å². The van der Waals surface area contributed by atoms with Gasteiger partial charge in [-0.25, -0.2) is 0 Å². The maximum absolute atomic E-state index is 12.8. The molecule has 2 N–H and O–H groups in total. The first-order chi connectivity index (χ1) is 16.2. The summed E-state index contributed by atoms with van der Waals surface area (Å²) < 4.78 is 5.30. The van der Waals surface area contributed by atoms with Crippen LogP contribution in [0, 0.1) is 0 Å². The molecular formula is C28H24N2O2S. The summed E-state index contributed by atoms with van der Waals surface area (Å²) >= 11 is 1.75. The van der Waals surface area contributed by atoms with Gasteiger partial charge in [-0.1, -0.05) is 54.6 Å². The van der Waals surface area contributed by atoms with Gasteiger partial charge in [0, 0.05) is 33.7 Å². The zero-order chi connectivity index (χ0) is 22.6. The van der Waals surface area contributed by atoms with E-state index >= 15 is 0 Å². The molecule has 0 fully saturated rings. The van der Waals surface area contributed by atoms with Crippen LogP contribution in [-0.4, -0.2) is 30.3 Å². The Bertz CT molecular complexity index is 1420. The van der Waals surface area contributed by atoms with Gasteiger partial charge in [-0.05, 0) is 52.7 Å². The summed E-state index contributed by atoms with van der Waals surface area (Å²) in [6.45, 7) is 0.578. The minimum atomic E-state index is -0.0401. The molecular weight excluding hydrogens is 428 g/mol. The van der Waals surface area contributed by atoms with Crippen molar-refractivity contribution in [3.63, 3.8) is 0 Å². The van der Waals surface area contributed by atoms with Crippen LogP contribution in [0.2, 0.25) is 0 Å². The van der Waals surface area contributed by atoms with E-state index in [9.17, 15) is 4.79 Å². The Labute approximate surface area is 197 Å². The molecule has 4 aromatic carbocycles. The number of carbonyl (C=O) groups is 1. The van der Waals surface area contributed by atoms with E-state index in [1.807, 2.05) is 60.7 Å². The molecule has 5 heteroatoms. The van der Waals surface area contributed by atoms with Gasteiger partial charge in [0.2, 0.25) is 0 Å². The van der Waals surface area contributed by atoms with Gasteiger partial charge in [-0.3, -0.25) is 4.79 Å². The molecule has 5 aromatic rings. The van der Waals surface area contributed by atoms with Crippen LogP contribution in [0.25, 0.3) is 32.9 Å². The molecule has 0 aliphatic carbocycles. The molecule has 1 heterocycles. The number of methoxy groups -OCH3 is 1. The van der Waals surface area contributed by atoms with E-state index < -0.39 is 0 Å². The lowest BCUT2D eigenvalue weighted by Crippen LogP contribution is -2.25. The van der Waals surface area contributed by atoms with Crippen LogP contribution in [0.3, 0.4) is 0 Å². The standard InChI is InChI=1S/C28H24N2O2S/c1-32-21-15-13-20(14-16-21)26-27(24-10-4-5-12-25(24)30-26)33-18-17-29-28(31)23-11-6-8-19-7-2-3-9-22(19)23/h2-16,30H,17-18H2,1H3,(H,29,31). The molecule has 0 spiro atoms. The van der Waals surface area contributed by atoms with Gasteiger partial charge in [-0.15, -0.1) is 11.8 Å². The van der Waals surface area contributed by atoms with Gasteiger partial charge in [0.05, 0.1) is 12.8 Å². The van der Waals surface area contributed by atoms with Crippen molar-refractivity contribution in [2.24, 2.45) is 0 Å². The highest BCUT2D eigenvalue weighted by Crippen LogP contribution is 2.38. The fourth-order valence-electron chi connectivity index (χ4n) is 4.06. The average molecular weight is 453 g/mol. The highest BCUT2D eigenvalue weighted by atomic mass is 32.2.